The van der Waals surface area contributed by atoms with Crippen LogP contribution in [0.2, 0.25) is 0 Å². The molecule has 0 bridgehead atoms. The van der Waals surface area contributed by atoms with Gasteiger partial charge < -0.3 is 10.1 Å². The van der Waals surface area contributed by atoms with E-state index in [4.69, 9.17) is 4.74 Å². The molecule has 0 aromatic heterocycles. The Kier molecular flexibility index (Phi) is 4.84. The zero-order chi connectivity index (χ0) is 11.1. The summed E-state index contributed by atoms with van der Waals surface area (Å²) in [6.07, 6.45) is 0.419. The average Bonchev–Trinajstić information content (AvgIpc) is 2.25. The van der Waals surface area contributed by atoms with Crippen molar-refractivity contribution in [3.63, 3.8) is 0 Å². The summed E-state index contributed by atoms with van der Waals surface area (Å²) in [6, 6.07) is 7.91. The highest BCUT2D eigenvalue weighted by atomic mass is 16.5. The van der Waals surface area contributed by atoms with Crippen molar-refractivity contribution in [2.75, 3.05) is 13.6 Å². The Labute approximate surface area is 90.4 Å². The van der Waals surface area contributed by atoms with Gasteiger partial charge in [-0.2, -0.15) is 0 Å². The maximum atomic E-state index is 11.2. The van der Waals surface area contributed by atoms with Gasteiger partial charge in [0.1, 0.15) is 6.61 Å². The normalized spacial score (nSPS) is 10.0. The van der Waals surface area contributed by atoms with Crippen LogP contribution in [0.5, 0.6) is 0 Å². The van der Waals surface area contributed by atoms with Crippen LogP contribution in [-0.2, 0) is 16.1 Å². The van der Waals surface area contributed by atoms with Gasteiger partial charge in [-0.05, 0) is 25.1 Å². The highest BCUT2D eigenvalue weighted by molar-refractivity contribution is 5.69. The monoisotopic (exact) mass is 207 g/mol. The van der Waals surface area contributed by atoms with Crippen LogP contribution < -0.4 is 5.32 Å². The van der Waals surface area contributed by atoms with Crippen LogP contribution >= 0.6 is 0 Å². The van der Waals surface area contributed by atoms with Gasteiger partial charge in [0.15, 0.2) is 0 Å². The van der Waals surface area contributed by atoms with E-state index in [1.165, 1.54) is 0 Å². The molecule has 0 radical (unpaired) electrons. The molecular weight excluding hydrogens is 190 g/mol. The topological polar surface area (TPSA) is 38.3 Å². The zero-order valence-corrected chi connectivity index (χ0v) is 9.25. The second kappa shape index (κ2) is 6.19. The molecule has 0 spiro atoms. The molecule has 82 valence electrons. The van der Waals surface area contributed by atoms with E-state index in [0.717, 1.165) is 11.1 Å². The second-order valence-electron chi connectivity index (χ2n) is 3.44. The van der Waals surface area contributed by atoms with Crippen molar-refractivity contribution in [2.24, 2.45) is 0 Å². The Balaban J connectivity index is 2.37. The van der Waals surface area contributed by atoms with Gasteiger partial charge >= 0.3 is 5.97 Å². The first kappa shape index (κ1) is 11.7. The minimum Gasteiger partial charge on any atom is -0.461 e. The van der Waals surface area contributed by atoms with Gasteiger partial charge in [-0.3, -0.25) is 4.79 Å². The lowest BCUT2D eigenvalue weighted by molar-refractivity contribution is -0.144. The first-order chi connectivity index (χ1) is 7.24. The summed E-state index contributed by atoms with van der Waals surface area (Å²) < 4.78 is 5.13. The number of aryl methyl sites for hydroxylation is 1. The first-order valence-electron chi connectivity index (χ1n) is 5.08. The molecule has 0 unspecified atom stereocenters. The van der Waals surface area contributed by atoms with Gasteiger partial charge in [-0.15, -0.1) is 0 Å². The molecule has 0 saturated heterocycles. The molecule has 3 heteroatoms. The third-order valence-corrected chi connectivity index (χ3v) is 2.23. The van der Waals surface area contributed by atoms with E-state index in [0.29, 0.717) is 19.6 Å². The molecule has 1 rings (SSSR count). The molecule has 1 aromatic rings. The van der Waals surface area contributed by atoms with Crippen molar-refractivity contribution < 1.29 is 9.53 Å². The number of benzene rings is 1. The predicted octanol–water partition coefficient (Wildman–Crippen LogP) is 1.65. The molecule has 0 aliphatic rings. The number of esters is 1. The molecule has 0 aliphatic carbocycles. The number of ether oxygens (including phenoxy) is 1. The molecule has 0 atom stereocenters. The van der Waals surface area contributed by atoms with Crippen molar-refractivity contribution in [2.45, 2.75) is 20.0 Å². The van der Waals surface area contributed by atoms with Crippen molar-refractivity contribution in [1.82, 2.24) is 5.32 Å². The highest BCUT2D eigenvalue weighted by Crippen LogP contribution is 2.08. The summed E-state index contributed by atoms with van der Waals surface area (Å²) in [5.41, 5.74) is 2.22. The van der Waals surface area contributed by atoms with E-state index < -0.39 is 0 Å². The number of carbonyl (C=O) groups is 1. The summed E-state index contributed by atoms with van der Waals surface area (Å²) >= 11 is 0. The van der Waals surface area contributed by atoms with Gasteiger partial charge in [0.25, 0.3) is 0 Å². The van der Waals surface area contributed by atoms with E-state index in [-0.39, 0.29) is 5.97 Å². The van der Waals surface area contributed by atoms with Crippen molar-refractivity contribution in [3.8, 4) is 0 Å². The van der Waals surface area contributed by atoms with Crippen LogP contribution in [0.1, 0.15) is 17.5 Å². The highest BCUT2D eigenvalue weighted by Gasteiger charge is 2.03. The predicted molar refractivity (Wildman–Crippen MR) is 59.5 cm³/mol. The van der Waals surface area contributed by atoms with Crippen molar-refractivity contribution in [3.05, 3.63) is 35.4 Å². The third kappa shape index (κ3) is 4.13. The minimum absolute atomic E-state index is 0.160. The average molecular weight is 207 g/mol. The van der Waals surface area contributed by atoms with Crippen LogP contribution in [0.15, 0.2) is 24.3 Å². The van der Waals surface area contributed by atoms with E-state index >= 15 is 0 Å². The van der Waals surface area contributed by atoms with Crippen molar-refractivity contribution >= 4 is 5.97 Å². The molecule has 0 saturated carbocycles. The number of hydrogen-bond donors (Lipinski definition) is 1. The van der Waals surface area contributed by atoms with E-state index in [9.17, 15) is 4.79 Å². The molecule has 0 heterocycles. The van der Waals surface area contributed by atoms with Crippen LogP contribution in [0.3, 0.4) is 0 Å². The third-order valence-electron chi connectivity index (χ3n) is 2.23. The maximum Gasteiger partial charge on any atom is 0.307 e. The number of carbonyl (C=O) groups excluding carboxylic acids is 1. The van der Waals surface area contributed by atoms with Crippen molar-refractivity contribution in [1.29, 1.82) is 0 Å². The fourth-order valence-electron chi connectivity index (χ4n) is 1.23. The fourth-order valence-corrected chi connectivity index (χ4v) is 1.23. The Morgan fingerprint density at radius 3 is 2.80 bits per heavy atom. The molecule has 0 aliphatic heterocycles. The molecule has 3 nitrogen and oxygen atoms in total. The lowest BCUT2D eigenvalue weighted by Gasteiger charge is -2.06. The maximum absolute atomic E-state index is 11.2. The van der Waals surface area contributed by atoms with Crippen LogP contribution in [0.4, 0.5) is 0 Å². The lowest BCUT2D eigenvalue weighted by atomic mass is 10.1. The van der Waals surface area contributed by atoms with E-state index in [1.54, 1.807) is 0 Å². The van der Waals surface area contributed by atoms with Gasteiger partial charge in [-0.1, -0.05) is 24.3 Å². The Bertz CT molecular complexity index is 323. The zero-order valence-electron chi connectivity index (χ0n) is 9.25. The number of hydrogen-bond acceptors (Lipinski definition) is 3. The smallest absolute Gasteiger partial charge is 0.307 e. The lowest BCUT2D eigenvalue weighted by Crippen LogP contribution is -2.15. The van der Waals surface area contributed by atoms with Crippen LogP contribution in [0.25, 0.3) is 0 Å². The molecule has 0 amide bonds. The van der Waals surface area contributed by atoms with E-state index in [1.807, 2.05) is 38.2 Å². The molecular formula is C12H17NO2. The van der Waals surface area contributed by atoms with Gasteiger partial charge in [-0.25, -0.2) is 0 Å². The summed E-state index contributed by atoms with van der Waals surface area (Å²) in [6.45, 7) is 3.04. The van der Waals surface area contributed by atoms with E-state index in [2.05, 4.69) is 5.32 Å². The summed E-state index contributed by atoms with van der Waals surface area (Å²) in [5.74, 6) is -0.160. The molecule has 1 N–H and O–H groups in total. The van der Waals surface area contributed by atoms with Gasteiger partial charge in [0, 0.05) is 6.54 Å². The number of rotatable bonds is 5. The molecule has 15 heavy (non-hydrogen) atoms. The summed E-state index contributed by atoms with van der Waals surface area (Å²) in [4.78, 5) is 11.2. The summed E-state index contributed by atoms with van der Waals surface area (Å²) in [7, 11) is 1.81. The molecule has 0 fully saturated rings. The first-order valence-corrected chi connectivity index (χ1v) is 5.08. The summed E-state index contributed by atoms with van der Waals surface area (Å²) in [5, 5.41) is 2.91. The van der Waals surface area contributed by atoms with Gasteiger partial charge in [0.05, 0.1) is 6.42 Å². The van der Waals surface area contributed by atoms with Crippen LogP contribution in [0, 0.1) is 6.92 Å². The fraction of sp³-hybridized carbons (Fsp3) is 0.417. The standard InChI is InChI=1S/C12H17NO2/c1-10-5-3-4-6-11(10)9-15-12(14)7-8-13-2/h3-6,13H,7-9H2,1-2H3. The SMILES string of the molecule is CNCCC(=O)OCc1ccccc1C. The Morgan fingerprint density at radius 2 is 2.13 bits per heavy atom. The Hall–Kier alpha value is -1.35. The Morgan fingerprint density at radius 1 is 1.40 bits per heavy atom. The quantitative estimate of drug-likeness (QED) is 0.746. The molecule has 1 aromatic carbocycles. The van der Waals surface area contributed by atoms with Crippen LogP contribution in [-0.4, -0.2) is 19.6 Å². The minimum atomic E-state index is -0.160. The second-order valence-corrected chi connectivity index (χ2v) is 3.44. The van der Waals surface area contributed by atoms with Gasteiger partial charge in [0.2, 0.25) is 0 Å². The number of nitrogens with one attached hydrogen (secondary N) is 1. The largest absolute Gasteiger partial charge is 0.461 e.